The van der Waals surface area contributed by atoms with Crippen molar-refractivity contribution in [2.45, 2.75) is 45.0 Å². The molecule has 0 saturated carbocycles. The highest BCUT2D eigenvalue weighted by atomic mass is 32.2. The van der Waals surface area contributed by atoms with Crippen LogP contribution in [0.2, 0.25) is 0 Å². The van der Waals surface area contributed by atoms with E-state index in [1.165, 1.54) is 11.8 Å². The second kappa shape index (κ2) is 10.0. The fourth-order valence-electron chi connectivity index (χ4n) is 3.56. The van der Waals surface area contributed by atoms with Crippen LogP contribution in [0.3, 0.4) is 0 Å². The summed E-state index contributed by atoms with van der Waals surface area (Å²) in [6, 6.07) is 16.8. The zero-order valence-corrected chi connectivity index (χ0v) is 19.7. The molecule has 1 aromatic heterocycles. The molecular weight excluding hydrogens is 434 g/mol. The van der Waals surface area contributed by atoms with Crippen LogP contribution in [0, 0.1) is 17.2 Å². The number of amides is 1. The maximum absolute atomic E-state index is 13.3. The maximum Gasteiger partial charge on any atom is 0.247 e. The highest BCUT2D eigenvalue weighted by Gasteiger charge is 2.35. The van der Waals surface area contributed by atoms with Crippen molar-refractivity contribution in [2.24, 2.45) is 5.92 Å². The van der Waals surface area contributed by atoms with Crippen LogP contribution in [0.5, 0.6) is 5.88 Å². The lowest BCUT2D eigenvalue weighted by molar-refractivity contribution is -0.120. The van der Waals surface area contributed by atoms with Gasteiger partial charge in [-0.1, -0.05) is 62.9 Å². The Morgan fingerprint density at radius 2 is 1.94 bits per heavy atom. The molecule has 8 heteroatoms. The monoisotopic (exact) mass is 459 g/mol. The van der Waals surface area contributed by atoms with Gasteiger partial charge in [0.2, 0.25) is 23.2 Å². The zero-order valence-electron chi connectivity index (χ0n) is 18.9. The molecule has 0 bridgehead atoms. The van der Waals surface area contributed by atoms with Crippen molar-refractivity contribution in [3.8, 4) is 23.2 Å². The first-order valence-electron chi connectivity index (χ1n) is 11.0. The third-order valence-corrected chi connectivity index (χ3v) is 6.38. The topological polar surface area (TPSA) is 92.0 Å². The third kappa shape index (κ3) is 4.83. The van der Waals surface area contributed by atoms with Gasteiger partial charge in [-0.2, -0.15) is 10.2 Å². The van der Waals surface area contributed by atoms with Gasteiger partial charge in [-0.25, -0.2) is 0 Å². The van der Waals surface area contributed by atoms with Gasteiger partial charge in [0.05, 0.1) is 17.3 Å². The second-order valence-corrected chi connectivity index (χ2v) is 9.18. The summed E-state index contributed by atoms with van der Waals surface area (Å²) < 4.78 is 6.42. The average Bonchev–Trinajstić information content (AvgIpc) is 2.97. The average molecular weight is 460 g/mol. The number of rotatable bonds is 6. The molecule has 33 heavy (non-hydrogen) atoms. The summed E-state index contributed by atoms with van der Waals surface area (Å²) in [6.07, 6.45) is 0.326. The number of benzene rings is 2. The number of hydrogen-bond donors (Lipinski definition) is 0. The highest BCUT2D eigenvalue weighted by molar-refractivity contribution is 7.99. The molecule has 1 aliphatic rings. The van der Waals surface area contributed by atoms with E-state index in [1.807, 2.05) is 43.3 Å². The maximum atomic E-state index is 13.3. The molecule has 0 unspecified atom stereocenters. The summed E-state index contributed by atoms with van der Waals surface area (Å²) in [6.45, 7) is 6.24. The Balaban J connectivity index is 1.87. The van der Waals surface area contributed by atoms with E-state index < -0.39 is 6.23 Å². The van der Waals surface area contributed by atoms with Crippen LogP contribution in [0.15, 0.2) is 53.7 Å². The van der Waals surface area contributed by atoms with Gasteiger partial charge in [-0.05, 0) is 30.5 Å². The first-order valence-corrected chi connectivity index (χ1v) is 12.0. The molecule has 4 rings (SSSR count). The van der Waals surface area contributed by atoms with Gasteiger partial charge in [0.15, 0.2) is 5.69 Å². The third-order valence-electron chi connectivity index (χ3n) is 5.12. The van der Waals surface area contributed by atoms with Crippen molar-refractivity contribution in [3.63, 3.8) is 0 Å². The summed E-state index contributed by atoms with van der Waals surface area (Å²) in [7, 11) is 0. The first kappa shape index (κ1) is 22.7. The quantitative estimate of drug-likeness (QED) is 0.457. The van der Waals surface area contributed by atoms with Crippen LogP contribution in [-0.2, 0) is 4.79 Å². The smallest absolute Gasteiger partial charge is 0.247 e. The number of carbonyl (C=O) groups is 1. The van der Waals surface area contributed by atoms with Gasteiger partial charge >= 0.3 is 0 Å². The van der Waals surface area contributed by atoms with Crippen LogP contribution in [0.25, 0.3) is 11.3 Å². The molecule has 2 heterocycles. The van der Waals surface area contributed by atoms with Crippen molar-refractivity contribution >= 4 is 23.4 Å². The number of anilines is 1. The zero-order chi connectivity index (χ0) is 23.4. The van der Waals surface area contributed by atoms with E-state index in [4.69, 9.17) is 4.74 Å². The molecule has 0 N–H and O–H groups in total. The standard InChI is InChI=1S/C25H25N5O2S/c1-4-7-21(31)30-20-9-6-5-8-19(20)22-23(27-25(29-28-22)33-15-16(2)3)32-24(30)18-12-10-17(14-26)11-13-18/h5-6,8-13,16,24H,4,7,15H2,1-3H3/t24-/m0/s1. The predicted molar refractivity (Wildman–Crippen MR) is 128 cm³/mol. The minimum atomic E-state index is -0.751. The Labute approximate surface area is 197 Å². The summed E-state index contributed by atoms with van der Waals surface area (Å²) in [5.41, 5.74) is 3.23. The van der Waals surface area contributed by atoms with Gasteiger partial charge in [0.25, 0.3) is 0 Å². The van der Waals surface area contributed by atoms with E-state index >= 15 is 0 Å². The lowest BCUT2D eigenvalue weighted by Crippen LogP contribution is -2.37. The molecule has 7 nitrogen and oxygen atoms in total. The highest BCUT2D eigenvalue weighted by Crippen LogP contribution is 2.43. The fraction of sp³-hybridized carbons (Fsp3) is 0.320. The molecule has 1 atom stereocenters. The molecule has 0 spiro atoms. The first-order chi connectivity index (χ1) is 16.0. The summed E-state index contributed by atoms with van der Waals surface area (Å²) in [5.74, 6) is 1.61. The summed E-state index contributed by atoms with van der Waals surface area (Å²) >= 11 is 1.53. The van der Waals surface area contributed by atoms with Gasteiger partial charge < -0.3 is 4.74 Å². The van der Waals surface area contributed by atoms with Crippen LogP contribution in [-0.4, -0.2) is 26.8 Å². The molecular formula is C25H25N5O2S. The summed E-state index contributed by atoms with van der Waals surface area (Å²) in [4.78, 5) is 19.7. The number of nitriles is 1. The number of nitrogens with zero attached hydrogens (tertiary/aromatic N) is 5. The number of para-hydroxylation sites is 1. The van der Waals surface area contributed by atoms with Gasteiger partial charge in [0, 0.05) is 23.3 Å². The lowest BCUT2D eigenvalue weighted by atomic mass is 10.1. The van der Waals surface area contributed by atoms with Gasteiger partial charge in [-0.15, -0.1) is 10.2 Å². The molecule has 0 radical (unpaired) electrons. The van der Waals surface area contributed by atoms with Crippen molar-refractivity contribution < 1.29 is 9.53 Å². The largest absolute Gasteiger partial charge is 0.447 e. The van der Waals surface area contributed by atoms with E-state index in [1.54, 1.807) is 17.0 Å². The molecule has 0 aliphatic carbocycles. The van der Waals surface area contributed by atoms with Crippen LogP contribution >= 0.6 is 11.8 Å². The van der Waals surface area contributed by atoms with Gasteiger partial charge in [0.1, 0.15) is 0 Å². The number of thioether (sulfide) groups is 1. The number of ether oxygens (including phenoxy) is 1. The van der Waals surface area contributed by atoms with Gasteiger partial charge in [-0.3, -0.25) is 9.69 Å². The number of hydrogen-bond acceptors (Lipinski definition) is 7. The molecule has 3 aromatic rings. The number of carbonyl (C=O) groups excluding carboxylic acids is 1. The minimum Gasteiger partial charge on any atom is -0.447 e. The van der Waals surface area contributed by atoms with E-state index in [0.717, 1.165) is 16.9 Å². The Bertz CT molecular complexity index is 1190. The molecule has 0 fully saturated rings. The number of aromatic nitrogens is 3. The Morgan fingerprint density at radius 3 is 2.64 bits per heavy atom. The van der Waals surface area contributed by atoms with E-state index in [-0.39, 0.29) is 5.91 Å². The van der Waals surface area contributed by atoms with Crippen molar-refractivity contribution in [3.05, 3.63) is 59.7 Å². The van der Waals surface area contributed by atoms with Crippen LogP contribution in [0.4, 0.5) is 5.69 Å². The van der Waals surface area contributed by atoms with Crippen molar-refractivity contribution in [1.82, 2.24) is 15.2 Å². The van der Waals surface area contributed by atoms with Crippen molar-refractivity contribution in [2.75, 3.05) is 10.7 Å². The molecule has 0 saturated heterocycles. The molecule has 1 aliphatic heterocycles. The van der Waals surface area contributed by atoms with E-state index in [2.05, 4.69) is 35.1 Å². The second-order valence-electron chi connectivity index (χ2n) is 8.19. The molecule has 2 aromatic carbocycles. The Morgan fingerprint density at radius 1 is 1.18 bits per heavy atom. The van der Waals surface area contributed by atoms with E-state index in [0.29, 0.717) is 46.7 Å². The minimum absolute atomic E-state index is 0.0607. The Hall–Kier alpha value is -3.44. The predicted octanol–water partition coefficient (Wildman–Crippen LogP) is 5.38. The summed E-state index contributed by atoms with van der Waals surface area (Å²) in [5, 5.41) is 18.5. The fourth-order valence-corrected chi connectivity index (χ4v) is 4.29. The lowest BCUT2D eigenvalue weighted by Gasteiger charge is -2.31. The van der Waals surface area contributed by atoms with E-state index in [9.17, 15) is 10.1 Å². The van der Waals surface area contributed by atoms with Crippen LogP contribution in [0.1, 0.15) is 51.0 Å². The SMILES string of the molecule is CCCC(=O)N1c2ccccc2-c2nnc(SCC(C)C)nc2O[C@H]1c1ccc(C#N)cc1. The molecule has 168 valence electrons. The number of fused-ring (bicyclic) bond motifs is 3. The normalized spacial score (nSPS) is 14.6. The molecule has 1 amide bonds. The van der Waals surface area contributed by atoms with Crippen LogP contribution < -0.4 is 9.64 Å². The Kier molecular flexibility index (Phi) is 6.90. The van der Waals surface area contributed by atoms with Crippen molar-refractivity contribution in [1.29, 1.82) is 5.26 Å².